The van der Waals surface area contributed by atoms with E-state index < -0.39 is 10.0 Å². The number of sulfonamides is 1. The second kappa shape index (κ2) is 6.97. The number of nitrogens with one attached hydrogen (secondary N) is 2. The molecule has 1 rings (SSSR count). The molecule has 2 N–H and O–H groups in total. The minimum absolute atomic E-state index is 0.106. The molecule has 7 nitrogen and oxygen atoms in total. The predicted octanol–water partition coefficient (Wildman–Crippen LogP) is 0.184. The minimum atomic E-state index is -3.29. The SMILES string of the molecule is CC(C)NCCCS(=O)(=O)NC(C)c1nncn1C. The van der Waals surface area contributed by atoms with Gasteiger partial charge in [0.15, 0.2) is 0 Å². The second-order valence-electron chi connectivity index (χ2n) is 4.92. The van der Waals surface area contributed by atoms with E-state index in [0.29, 0.717) is 24.8 Å². The van der Waals surface area contributed by atoms with Gasteiger partial charge in [-0.1, -0.05) is 13.8 Å². The van der Waals surface area contributed by atoms with Crippen molar-refractivity contribution in [1.29, 1.82) is 0 Å². The highest BCUT2D eigenvalue weighted by atomic mass is 32.2. The Morgan fingerprint density at radius 1 is 1.37 bits per heavy atom. The Morgan fingerprint density at radius 2 is 2.05 bits per heavy atom. The van der Waals surface area contributed by atoms with Gasteiger partial charge in [-0.15, -0.1) is 10.2 Å². The molecule has 1 aromatic rings. The molecule has 19 heavy (non-hydrogen) atoms. The van der Waals surface area contributed by atoms with E-state index in [1.807, 2.05) is 13.8 Å². The average molecular weight is 289 g/mol. The maximum Gasteiger partial charge on any atom is 0.212 e. The van der Waals surface area contributed by atoms with Crippen LogP contribution >= 0.6 is 0 Å². The quantitative estimate of drug-likeness (QED) is 0.667. The van der Waals surface area contributed by atoms with E-state index in [1.165, 1.54) is 0 Å². The minimum Gasteiger partial charge on any atom is -0.319 e. The van der Waals surface area contributed by atoms with Gasteiger partial charge < -0.3 is 9.88 Å². The summed E-state index contributed by atoms with van der Waals surface area (Å²) in [6.07, 6.45) is 2.13. The van der Waals surface area contributed by atoms with Crippen LogP contribution in [0.1, 0.15) is 39.1 Å². The zero-order chi connectivity index (χ0) is 14.5. The first-order chi connectivity index (χ1) is 8.82. The second-order valence-corrected chi connectivity index (χ2v) is 6.79. The zero-order valence-electron chi connectivity index (χ0n) is 11.9. The van der Waals surface area contributed by atoms with E-state index in [4.69, 9.17) is 0 Å². The lowest BCUT2D eigenvalue weighted by Crippen LogP contribution is -2.32. The molecule has 0 aliphatic heterocycles. The summed E-state index contributed by atoms with van der Waals surface area (Å²) in [5.41, 5.74) is 0. The van der Waals surface area contributed by atoms with Crippen LogP contribution in [0.15, 0.2) is 6.33 Å². The van der Waals surface area contributed by atoms with Crippen molar-refractivity contribution >= 4 is 10.0 Å². The topological polar surface area (TPSA) is 88.9 Å². The third-order valence-electron chi connectivity index (χ3n) is 2.63. The van der Waals surface area contributed by atoms with Gasteiger partial charge in [-0.2, -0.15) is 0 Å². The normalized spacial score (nSPS) is 13.9. The largest absolute Gasteiger partial charge is 0.319 e. The number of aromatic nitrogens is 3. The molecule has 0 saturated heterocycles. The van der Waals surface area contributed by atoms with Crippen molar-refractivity contribution in [3.05, 3.63) is 12.2 Å². The van der Waals surface area contributed by atoms with E-state index in [2.05, 4.69) is 20.2 Å². The molecule has 0 aromatic carbocycles. The Morgan fingerprint density at radius 3 is 2.58 bits per heavy atom. The summed E-state index contributed by atoms with van der Waals surface area (Å²) in [6.45, 7) is 6.51. The number of aryl methyl sites for hydroxylation is 1. The molecule has 0 aliphatic carbocycles. The first-order valence-electron chi connectivity index (χ1n) is 6.39. The van der Waals surface area contributed by atoms with Crippen LogP contribution in [0.5, 0.6) is 0 Å². The van der Waals surface area contributed by atoms with Crippen LogP contribution in [0.3, 0.4) is 0 Å². The fourth-order valence-electron chi connectivity index (χ4n) is 1.72. The highest BCUT2D eigenvalue weighted by molar-refractivity contribution is 7.89. The molecule has 0 spiro atoms. The summed E-state index contributed by atoms with van der Waals surface area (Å²) in [7, 11) is -1.51. The predicted molar refractivity (Wildman–Crippen MR) is 74.1 cm³/mol. The van der Waals surface area contributed by atoms with Gasteiger partial charge in [0.1, 0.15) is 12.2 Å². The molecule has 1 heterocycles. The Hall–Kier alpha value is -0.990. The van der Waals surface area contributed by atoms with E-state index >= 15 is 0 Å². The van der Waals surface area contributed by atoms with E-state index in [9.17, 15) is 8.42 Å². The molecule has 1 atom stereocenters. The Bertz CT molecular complexity index is 483. The maximum atomic E-state index is 11.9. The molecule has 0 aliphatic rings. The fraction of sp³-hybridized carbons (Fsp3) is 0.818. The van der Waals surface area contributed by atoms with Gasteiger partial charge in [0, 0.05) is 13.1 Å². The smallest absolute Gasteiger partial charge is 0.212 e. The molecule has 0 fully saturated rings. The Balaban J connectivity index is 2.44. The third-order valence-corrected chi connectivity index (χ3v) is 4.17. The van der Waals surface area contributed by atoms with Crippen LogP contribution in [0.25, 0.3) is 0 Å². The summed E-state index contributed by atoms with van der Waals surface area (Å²) in [6, 6.07) is -0.0104. The molecule has 0 radical (unpaired) electrons. The van der Waals surface area contributed by atoms with Crippen molar-refractivity contribution < 1.29 is 8.42 Å². The molecular formula is C11H23N5O2S. The lowest BCUT2D eigenvalue weighted by atomic mass is 10.3. The van der Waals surface area contributed by atoms with Crippen molar-refractivity contribution in [2.45, 2.75) is 39.3 Å². The first kappa shape index (κ1) is 16.1. The number of hydrogen-bond donors (Lipinski definition) is 2. The van der Waals surface area contributed by atoms with Gasteiger partial charge >= 0.3 is 0 Å². The molecule has 0 saturated carbocycles. The zero-order valence-corrected chi connectivity index (χ0v) is 12.7. The van der Waals surface area contributed by atoms with E-state index in [-0.39, 0.29) is 11.8 Å². The molecule has 1 aromatic heterocycles. The number of hydrogen-bond acceptors (Lipinski definition) is 5. The molecule has 0 bridgehead atoms. The molecule has 0 amide bonds. The van der Waals surface area contributed by atoms with Crippen LogP contribution in [0.4, 0.5) is 0 Å². The Labute approximate surface area is 114 Å². The maximum absolute atomic E-state index is 11.9. The summed E-state index contributed by atoms with van der Waals surface area (Å²) < 4.78 is 28.1. The lowest BCUT2D eigenvalue weighted by molar-refractivity contribution is 0.542. The van der Waals surface area contributed by atoms with Gasteiger partial charge in [-0.25, -0.2) is 13.1 Å². The number of nitrogens with zero attached hydrogens (tertiary/aromatic N) is 3. The van der Waals surface area contributed by atoms with Crippen LogP contribution in [0, 0.1) is 0 Å². The summed E-state index contributed by atoms with van der Waals surface area (Å²) in [4.78, 5) is 0. The van der Waals surface area contributed by atoms with Crippen LogP contribution < -0.4 is 10.0 Å². The third kappa shape index (κ3) is 5.66. The average Bonchev–Trinajstić information content (AvgIpc) is 2.70. The molecule has 8 heteroatoms. The van der Waals surface area contributed by atoms with Gasteiger partial charge in [-0.05, 0) is 19.9 Å². The van der Waals surface area contributed by atoms with Crippen LogP contribution in [0.2, 0.25) is 0 Å². The van der Waals surface area contributed by atoms with Gasteiger partial charge in [-0.3, -0.25) is 0 Å². The van der Waals surface area contributed by atoms with Crippen molar-refractivity contribution in [1.82, 2.24) is 24.8 Å². The molecule has 110 valence electrons. The highest BCUT2D eigenvalue weighted by Crippen LogP contribution is 2.09. The monoisotopic (exact) mass is 289 g/mol. The van der Waals surface area contributed by atoms with Crippen molar-refractivity contribution in [3.63, 3.8) is 0 Å². The summed E-state index contributed by atoms with van der Waals surface area (Å²) >= 11 is 0. The fourth-order valence-corrected chi connectivity index (χ4v) is 3.00. The van der Waals surface area contributed by atoms with Gasteiger partial charge in [0.25, 0.3) is 0 Å². The number of rotatable bonds is 8. The summed E-state index contributed by atoms with van der Waals surface area (Å²) in [5.74, 6) is 0.707. The van der Waals surface area contributed by atoms with Crippen molar-refractivity contribution in [2.75, 3.05) is 12.3 Å². The molecule has 1 unspecified atom stereocenters. The summed E-state index contributed by atoms with van der Waals surface area (Å²) in [5, 5.41) is 10.8. The van der Waals surface area contributed by atoms with Crippen LogP contribution in [-0.2, 0) is 17.1 Å². The van der Waals surface area contributed by atoms with E-state index in [1.54, 1.807) is 24.9 Å². The highest BCUT2D eigenvalue weighted by Gasteiger charge is 2.18. The van der Waals surface area contributed by atoms with Gasteiger partial charge in [0.2, 0.25) is 10.0 Å². The van der Waals surface area contributed by atoms with E-state index in [0.717, 1.165) is 0 Å². The molecular weight excluding hydrogens is 266 g/mol. The first-order valence-corrected chi connectivity index (χ1v) is 8.04. The van der Waals surface area contributed by atoms with Crippen molar-refractivity contribution in [2.24, 2.45) is 7.05 Å². The van der Waals surface area contributed by atoms with Crippen molar-refractivity contribution in [3.8, 4) is 0 Å². The lowest BCUT2D eigenvalue weighted by Gasteiger charge is -2.14. The van der Waals surface area contributed by atoms with Crippen LogP contribution in [-0.4, -0.2) is 41.5 Å². The van der Waals surface area contributed by atoms with Gasteiger partial charge in [0.05, 0.1) is 11.8 Å². The standard InChI is InChI=1S/C11H23N5O2S/c1-9(2)12-6-5-7-19(17,18)15-10(3)11-14-13-8-16(11)4/h8-10,12,15H,5-7H2,1-4H3. The Kier molecular flexibility index (Phi) is 5.89.